The molecule has 2 N–H and O–H groups in total. The van der Waals surface area contributed by atoms with Crippen LogP contribution in [0, 0.1) is 10.1 Å². The van der Waals surface area contributed by atoms with Crippen LogP contribution >= 0.6 is 23.1 Å². The topological polar surface area (TPSA) is 99.1 Å². The maximum atomic E-state index is 11.2. The lowest BCUT2D eigenvalue weighted by molar-refractivity contribution is -0.385. The van der Waals surface area contributed by atoms with Crippen LogP contribution < -0.4 is 5.73 Å². The van der Waals surface area contributed by atoms with Crippen molar-refractivity contribution in [3.8, 4) is 11.3 Å². The first-order chi connectivity index (χ1) is 12.0. The number of amides is 1. The summed E-state index contributed by atoms with van der Waals surface area (Å²) in [5.41, 5.74) is 7.63. The van der Waals surface area contributed by atoms with Crippen LogP contribution in [-0.4, -0.2) is 15.8 Å². The third-order valence-electron chi connectivity index (χ3n) is 3.47. The first-order valence-corrected chi connectivity index (χ1v) is 9.12. The van der Waals surface area contributed by atoms with E-state index in [0.29, 0.717) is 11.3 Å². The van der Waals surface area contributed by atoms with Crippen molar-refractivity contribution in [2.75, 3.05) is 0 Å². The Labute approximate surface area is 151 Å². The lowest BCUT2D eigenvalue weighted by Gasteiger charge is -2.03. The fourth-order valence-corrected chi connectivity index (χ4v) is 4.05. The van der Waals surface area contributed by atoms with Crippen LogP contribution in [0.4, 0.5) is 5.69 Å². The minimum absolute atomic E-state index is 0.108. The van der Waals surface area contributed by atoms with Gasteiger partial charge in [0, 0.05) is 33.9 Å². The second-order valence-corrected chi connectivity index (χ2v) is 7.20. The number of hydrogen-bond acceptors (Lipinski definition) is 6. The van der Waals surface area contributed by atoms with Crippen LogP contribution in [0.1, 0.15) is 15.9 Å². The third kappa shape index (κ3) is 4.04. The van der Waals surface area contributed by atoms with Gasteiger partial charge in [-0.3, -0.25) is 14.9 Å². The van der Waals surface area contributed by atoms with E-state index in [1.807, 2.05) is 35.7 Å². The fourth-order valence-electron chi connectivity index (χ4n) is 2.21. The van der Waals surface area contributed by atoms with Gasteiger partial charge < -0.3 is 5.73 Å². The van der Waals surface area contributed by atoms with Gasteiger partial charge in [-0.25, -0.2) is 4.98 Å². The average Bonchev–Trinajstić information content (AvgIpc) is 3.09. The van der Waals surface area contributed by atoms with E-state index in [4.69, 9.17) is 5.73 Å². The zero-order valence-corrected chi connectivity index (χ0v) is 14.5. The standard InChI is InChI=1S/C17H13N3O3S2/c18-16(21)12-6-7-13(15(8-12)20(22)23)9-24-17-19-14(10-25-17)11-4-2-1-3-5-11/h1-8,10H,9H2,(H2,18,21). The quantitative estimate of drug-likeness (QED) is 0.399. The first kappa shape index (κ1) is 17.1. The molecule has 1 amide bonds. The number of nitro benzene ring substituents is 1. The number of hydrogen-bond donors (Lipinski definition) is 1. The van der Waals surface area contributed by atoms with Crippen LogP contribution in [0.15, 0.2) is 58.3 Å². The Morgan fingerprint density at radius 2 is 2.00 bits per heavy atom. The zero-order chi connectivity index (χ0) is 17.8. The summed E-state index contributed by atoms with van der Waals surface area (Å²) >= 11 is 2.92. The molecule has 0 radical (unpaired) electrons. The number of aromatic nitrogens is 1. The lowest BCUT2D eigenvalue weighted by atomic mass is 10.1. The smallest absolute Gasteiger partial charge is 0.274 e. The van der Waals surface area contributed by atoms with Gasteiger partial charge in [0.05, 0.1) is 10.6 Å². The van der Waals surface area contributed by atoms with Crippen molar-refractivity contribution in [3.05, 3.63) is 75.2 Å². The number of thiazole rings is 1. The molecule has 0 fully saturated rings. The van der Waals surface area contributed by atoms with Gasteiger partial charge in [0.2, 0.25) is 5.91 Å². The van der Waals surface area contributed by atoms with Crippen LogP contribution in [0.5, 0.6) is 0 Å². The molecule has 0 aliphatic carbocycles. The van der Waals surface area contributed by atoms with Gasteiger partial charge >= 0.3 is 0 Å². The normalized spacial score (nSPS) is 10.6. The van der Waals surface area contributed by atoms with Crippen molar-refractivity contribution >= 4 is 34.7 Å². The number of carbonyl (C=O) groups excluding carboxylic acids is 1. The second-order valence-electron chi connectivity index (χ2n) is 5.12. The highest BCUT2D eigenvalue weighted by Crippen LogP contribution is 2.32. The predicted octanol–water partition coefficient (Wildman–Crippen LogP) is 4.11. The monoisotopic (exact) mass is 371 g/mol. The van der Waals surface area contributed by atoms with Gasteiger partial charge in [-0.1, -0.05) is 48.2 Å². The molecule has 0 spiro atoms. The highest BCUT2D eigenvalue weighted by molar-refractivity contribution is 8.00. The third-order valence-corrected chi connectivity index (χ3v) is 5.54. The molecule has 2 aromatic carbocycles. The van der Waals surface area contributed by atoms with E-state index in [1.165, 1.54) is 35.2 Å². The number of primary amides is 1. The Morgan fingerprint density at radius 3 is 2.68 bits per heavy atom. The van der Waals surface area contributed by atoms with Crippen molar-refractivity contribution in [3.63, 3.8) is 0 Å². The number of nitrogens with zero attached hydrogens (tertiary/aromatic N) is 2. The molecule has 25 heavy (non-hydrogen) atoms. The van der Waals surface area contributed by atoms with E-state index >= 15 is 0 Å². The van der Waals surface area contributed by atoms with Crippen LogP contribution in [0.25, 0.3) is 11.3 Å². The average molecular weight is 371 g/mol. The molecule has 0 aliphatic rings. The largest absolute Gasteiger partial charge is 0.366 e. The van der Waals surface area contributed by atoms with Crippen molar-refractivity contribution in [2.45, 2.75) is 10.1 Å². The predicted molar refractivity (Wildman–Crippen MR) is 98.7 cm³/mol. The molecule has 126 valence electrons. The van der Waals surface area contributed by atoms with Gasteiger partial charge in [0.15, 0.2) is 4.34 Å². The van der Waals surface area contributed by atoms with Crippen LogP contribution in [0.2, 0.25) is 0 Å². The Morgan fingerprint density at radius 1 is 1.24 bits per heavy atom. The van der Waals surface area contributed by atoms with E-state index < -0.39 is 10.8 Å². The summed E-state index contributed by atoms with van der Waals surface area (Å²) in [6.07, 6.45) is 0. The summed E-state index contributed by atoms with van der Waals surface area (Å²) < 4.78 is 0.826. The summed E-state index contributed by atoms with van der Waals surface area (Å²) in [5.74, 6) is -0.299. The summed E-state index contributed by atoms with van der Waals surface area (Å²) in [6.45, 7) is 0. The maximum Gasteiger partial charge on any atom is 0.274 e. The number of thioether (sulfide) groups is 1. The summed E-state index contributed by atoms with van der Waals surface area (Å²) in [7, 11) is 0. The van der Waals surface area contributed by atoms with Crippen molar-refractivity contribution < 1.29 is 9.72 Å². The van der Waals surface area contributed by atoms with Gasteiger partial charge in [-0.05, 0) is 6.07 Å². The molecule has 0 saturated heterocycles. The van der Waals surface area contributed by atoms with Gasteiger partial charge in [-0.2, -0.15) is 0 Å². The molecule has 0 atom stereocenters. The van der Waals surface area contributed by atoms with E-state index in [0.717, 1.165) is 15.6 Å². The SMILES string of the molecule is NC(=O)c1ccc(CSc2nc(-c3ccccc3)cs2)c([N+](=O)[O-])c1. The number of rotatable bonds is 6. The highest BCUT2D eigenvalue weighted by atomic mass is 32.2. The van der Waals surface area contributed by atoms with Crippen LogP contribution in [-0.2, 0) is 5.75 Å². The second kappa shape index (κ2) is 7.45. The van der Waals surface area contributed by atoms with Crippen LogP contribution in [0.3, 0.4) is 0 Å². The number of carbonyl (C=O) groups is 1. The molecular formula is C17H13N3O3S2. The van der Waals surface area contributed by atoms with E-state index in [9.17, 15) is 14.9 Å². The molecule has 0 unspecified atom stereocenters. The molecule has 3 rings (SSSR count). The fraction of sp³-hybridized carbons (Fsp3) is 0.0588. The first-order valence-electron chi connectivity index (χ1n) is 7.25. The molecule has 0 bridgehead atoms. The van der Waals surface area contributed by atoms with Crippen molar-refractivity contribution in [2.24, 2.45) is 5.73 Å². The minimum Gasteiger partial charge on any atom is -0.366 e. The van der Waals surface area contributed by atoms with E-state index in [1.54, 1.807) is 6.07 Å². The molecular weight excluding hydrogens is 358 g/mol. The van der Waals surface area contributed by atoms with Gasteiger partial charge in [0.1, 0.15) is 0 Å². The number of nitro groups is 1. The molecule has 0 saturated carbocycles. The van der Waals surface area contributed by atoms with Gasteiger partial charge in [0.25, 0.3) is 5.69 Å². The molecule has 3 aromatic rings. The summed E-state index contributed by atoms with van der Waals surface area (Å²) in [4.78, 5) is 26.5. The number of benzene rings is 2. The molecule has 0 aliphatic heterocycles. The van der Waals surface area contributed by atoms with E-state index in [2.05, 4.69) is 4.98 Å². The minimum atomic E-state index is -0.685. The Bertz CT molecular complexity index is 926. The summed E-state index contributed by atoms with van der Waals surface area (Å²) in [5, 5.41) is 13.2. The Kier molecular flexibility index (Phi) is 5.11. The van der Waals surface area contributed by atoms with E-state index in [-0.39, 0.29) is 11.3 Å². The maximum absolute atomic E-state index is 11.2. The summed E-state index contributed by atoms with van der Waals surface area (Å²) in [6, 6.07) is 14.1. The van der Waals surface area contributed by atoms with Crippen molar-refractivity contribution in [1.82, 2.24) is 4.98 Å². The number of nitrogens with two attached hydrogens (primary N) is 1. The molecule has 6 nitrogen and oxygen atoms in total. The lowest BCUT2D eigenvalue weighted by Crippen LogP contribution is -2.11. The Balaban J connectivity index is 1.77. The van der Waals surface area contributed by atoms with Gasteiger partial charge in [-0.15, -0.1) is 11.3 Å². The highest BCUT2D eigenvalue weighted by Gasteiger charge is 2.17. The Hall–Kier alpha value is -2.71. The zero-order valence-electron chi connectivity index (χ0n) is 12.9. The van der Waals surface area contributed by atoms with Crippen molar-refractivity contribution in [1.29, 1.82) is 0 Å². The molecule has 8 heteroatoms. The molecule has 1 heterocycles. The molecule has 1 aromatic heterocycles.